The van der Waals surface area contributed by atoms with Crippen LogP contribution in [0.3, 0.4) is 0 Å². The maximum Gasteiger partial charge on any atom is 0.436 e. The van der Waals surface area contributed by atoms with Crippen LogP contribution in [0.2, 0.25) is 0 Å². The fraction of sp³-hybridized carbons (Fsp3) is 0.429. The standard InChI is InChI=1S/C14H12F4N2O4S/c15-6-2-4-1-5(10-9(23)8(22)7(3-21)24-10)13(25)20-12(4)19-11(6)14(16,17)18/h1-2,7-10,21-23H,3H2,(H,19,20,25)/t7-,8?,9?,10+/m1/s1. The van der Waals surface area contributed by atoms with Crippen LogP contribution in [0.4, 0.5) is 17.6 Å². The number of aliphatic hydroxyl groups is 3. The lowest BCUT2D eigenvalue weighted by molar-refractivity contribution is -0.143. The van der Waals surface area contributed by atoms with E-state index in [1.165, 1.54) is 6.07 Å². The van der Waals surface area contributed by atoms with Crippen LogP contribution in [0, 0.1) is 10.5 Å². The Morgan fingerprint density at radius 1 is 1.24 bits per heavy atom. The molecular weight excluding hydrogens is 368 g/mol. The monoisotopic (exact) mass is 380 g/mol. The smallest absolute Gasteiger partial charge is 0.394 e. The lowest BCUT2D eigenvalue weighted by atomic mass is 10.0. The first-order valence-corrected chi connectivity index (χ1v) is 7.47. The van der Waals surface area contributed by atoms with E-state index >= 15 is 0 Å². The fourth-order valence-electron chi connectivity index (χ4n) is 2.69. The predicted molar refractivity (Wildman–Crippen MR) is 78.6 cm³/mol. The number of hydrogen-bond acceptors (Lipinski definition) is 6. The third-order valence-corrected chi connectivity index (χ3v) is 4.27. The number of aliphatic hydroxyl groups excluding tert-OH is 3. The highest BCUT2D eigenvalue weighted by Gasteiger charge is 2.43. The molecule has 25 heavy (non-hydrogen) atoms. The molecule has 3 rings (SSSR count). The average Bonchev–Trinajstić information content (AvgIpc) is 2.81. The summed E-state index contributed by atoms with van der Waals surface area (Å²) in [6, 6.07) is 1.87. The first kappa shape index (κ1) is 18.1. The van der Waals surface area contributed by atoms with Gasteiger partial charge >= 0.3 is 6.18 Å². The van der Waals surface area contributed by atoms with Crippen LogP contribution >= 0.6 is 12.2 Å². The Morgan fingerprint density at radius 2 is 1.92 bits per heavy atom. The zero-order valence-electron chi connectivity index (χ0n) is 12.3. The van der Waals surface area contributed by atoms with Gasteiger partial charge in [0, 0.05) is 10.9 Å². The number of fused-ring (bicyclic) bond motifs is 1. The molecule has 2 aromatic rings. The van der Waals surface area contributed by atoms with Gasteiger partial charge in [0.25, 0.3) is 0 Å². The number of ether oxygens (including phenoxy) is 1. The van der Waals surface area contributed by atoms with Crippen molar-refractivity contribution in [3.8, 4) is 0 Å². The number of halogens is 4. The highest BCUT2D eigenvalue weighted by Crippen LogP contribution is 2.36. The van der Waals surface area contributed by atoms with Gasteiger partial charge in [-0.3, -0.25) is 0 Å². The molecule has 3 heterocycles. The summed E-state index contributed by atoms with van der Waals surface area (Å²) in [5, 5.41) is 28.9. The molecule has 1 saturated heterocycles. The minimum Gasteiger partial charge on any atom is -0.394 e. The Balaban J connectivity index is 2.10. The second-order valence-electron chi connectivity index (χ2n) is 5.57. The summed E-state index contributed by atoms with van der Waals surface area (Å²) >= 11 is 5.05. The lowest BCUT2D eigenvalue weighted by Gasteiger charge is -2.16. The molecule has 4 N–H and O–H groups in total. The van der Waals surface area contributed by atoms with E-state index in [4.69, 9.17) is 22.1 Å². The van der Waals surface area contributed by atoms with Crippen molar-refractivity contribution in [2.45, 2.75) is 30.6 Å². The number of alkyl halides is 3. The van der Waals surface area contributed by atoms with Crippen molar-refractivity contribution in [3.63, 3.8) is 0 Å². The molecule has 0 radical (unpaired) electrons. The molecule has 4 atom stereocenters. The Morgan fingerprint density at radius 3 is 2.48 bits per heavy atom. The Hall–Kier alpha value is -1.66. The van der Waals surface area contributed by atoms with Gasteiger partial charge in [0.1, 0.15) is 34.7 Å². The third-order valence-electron chi connectivity index (χ3n) is 3.93. The third kappa shape index (κ3) is 3.13. The van der Waals surface area contributed by atoms with E-state index in [0.29, 0.717) is 6.07 Å². The molecule has 1 aliphatic heterocycles. The van der Waals surface area contributed by atoms with E-state index in [2.05, 4.69) is 9.97 Å². The highest BCUT2D eigenvalue weighted by molar-refractivity contribution is 7.71. The molecular formula is C14H12F4N2O4S. The second kappa shape index (κ2) is 6.25. The Labute approximate surface area is 142 Å². The quantitative estimate of drug-likeness (QED) is 0.467. The second-order valence-corrected chi connectivity index (χ2v) is 5.98. The van der Waals surface area contributed by atoms with E-state index in [1.54, 1.807) is 0 Å². The van der Waals surface area contributed by atoms with Gasteiger partial charge in [-0.1, -0.05) is 12.2 Å². The molecule has 136 valence electrons. The van der Waals surface area contributed by atoms with E-state index in [-0.39, 0.29) is 21.2 Å². The van der Waals surface area contributed by atoms with E-state index in [1.807, 2.05) is 0 Å². The van der Waals surface area contributed by atoms with Crippen LogP contribution in [0.25, 0.3) is 11.0 Å². The number of pyridine rings is 2. The molecule has 0 bridgehead atoms. The van der Waals surface area contributed by atoms with Crippen molar-refractivity contribution in [1.29, 1.82) is 0 Å². The van der Waals surface area contributed by atoms with Gasteiger partial charge in [0.15, 0.2) is 11.5 Å². The minimum absolute atomic E-state index is 0.0214. The molecule has 6 nitrogen and oxygen atoms in total. The summed E-state index contributed by atoms with van der Waals surface area (Å²) in [7, 11) is 0. The Bertz CT molecular complexity index is 872. The van der Waals surface area contributed by atoms with Gasteiger partial charge in [0.2, 0.25) is 0 Å². The summed E-state index contributed by atoms with van der Waals surface area (Å²) in [6.45, 7) is -0.552. The molecule has 0 saturated carbocycles. The largest absolute Gasteiger partial charge is 0.436 e. The van der Waals surface area contributed by atoms with Crippen molar-refractivity contribution in [2.24, 2.45) is 0 Å². The van der Waals surface area contributed by atoms with Crippen molar-refractivity contribution in [2.75, 3.05) is 6.61 Å². The molecule has 0 spiro atoms. The zero-order chi connectivity index (χ0) is 18.5. The Kier molecular flexibility index (Phi) is 4.54. The number of aromatic amines is 1. The molecule has 1 fully saturated rings. The van der Waals surface area contributed by atoms with Crippen molar-refractivity contribution < 1.29 is 37.6 Å². The van der Waals surface area contributed by atoms with E-state index in [0.717, 1.165) is 0 Å². The number of hydrogen-bond donors (Lipinski definition) is 4. The average molecular weight is 380 g/mol. The predicted octanol–water partition coefficient (Wildman–Crippen LogP) is 1.60. The molecule has 2 aromatic heterocycles. The van der Waals surface area contributed by atoms with Gasteiger partial charge in [0.05, 0.1) is 6.61 Å². The van der Waals surface area contributed by atoms with E-state index < -0.39 is 48.7 Å². The molecule has 2 unspecified atom stereocenters. The lowest BCUT2D eigenvalue weighted by Crippen LogP contribution is -2.32. The molecule has 11 heteroatoms. The fourth-order valence-corrected chi connectivity index (χ4v) is 2.96. The van der Waals surface area contributed by atoms with Crippen LogP contribution in [0.1, 0.15) is 17.4 Å². The molecule has 1 aliphatic rings. The van der Waals surface area contributed by atoms with Gasteiger partial charge in [-0.05, 0) is 12.1 Å². The van der Waals surface area contributed by atoms with Crippen molar-refractivity contribution in [1.82, 2.24) is 9.97 Å². The van der Waals surface area contributed by atoms with Crippen LogP contribution in [-0.2, 0) is 10.9 Å². The number of H-pyrrole nitrogens is 1. The molecule has 0 aromatic carbocycles. The summed E-state index contributed by atoms with van der Waals surface area (Å²) in [5.74, 6) is -1.56. The van der Waals surface area contributed by atoms with Crippen molar-refractivity contribution >= 4 is 23.3 Å². The summed E-state index contributed by atoms with van der Waals surface area (Å²) in [6.07, 6.45) is -9.94. The zero-order valence-corrected chi connectivity index (χ0v) is 13.1. The first-order valence-electron chi connectivity index (χ1n) is 7.06. The minimum atomic E-state index is -4.96. The van der Waals surface area contributed by atoms with Crippen molar-refractivity contribution in [3.05, 3.63) is 33.8 Å². The summed E-state index contributed by atoms with van der Waals surface area (Å²) in [4.78, 5) is 5.67. The number of nitrogens with zero attached hydrogens (tertiary/aromatic N) is 1. The van der Waals surface area contributed by atoms with Gasteiger partial charge in [-0.2, -0.15) is 13.2 Å². The topological polar surface area (TPSA) is 98.6 Å². The highest BCUT2D eigenvalue weighted by atomic mass is 32.1. The van der Waals surface area contributed by atoms with Crippen LogP contribution in [0.5, 0.6) is 0 Å². The maximum absolute atomic E-state index is 13.7. The van der Waals surface area contributed by atoms with Crippen LogP contribution in [-0.4, -0.2) is 50.2 Å². The SMILES string of the molecule is OC[C@H]1O[C@@H](c2cc3cc(F)c(C(F)(F)F)nc3[nH]c2=S)C(O)C1O. The van der Waals surface area contributed by atoms with Crippen LogP contribution in [0.15, 0.2) is 12.1 Å². The number of aromatic nitrogens is 2. The van der Waals surface area contributed by atoms with Crippen LogP contribution < -0.4 is 0 Å². The van der Waals surface area contributed by atoms with Gasteiger partial charge in [-0.25, -0.2) is 9.37 Å². The van der Waals surface area contributed by atoms with Gasteiger partial charge < -0.3 is 25.0 Å². The molecule has 0 amide bonds. The summed E-state index contributed by atoms with van der Waals surface area (Å²) < 4.78 is 57.1. The maximum atomic E-state index is 13.7. The van der Waals surface area contributed by atoms with E-state index in [9.17, 15) is 27.8 Å². The van der Waals surface area contributed by atoms with Gasteiger partial charge in [-0.15, -0.1) is 0 Å². The first-order chi connectivity index (χ1) is 11.6. The molecule has 0 aliphatic carbocycles. The number of rotatable bonds is 2. The number of nitrogens with one attached hydrogen (secondary N) is 1. The normalized spacial score (nSPS) is 27.2. The summed E-state index contributed by atoms with van der Waals surface area (Å²) in [5.41, 5.74) is -1.83.